The van der Waals surface area contributed by atoms with Gasteiger partial charge in [0.15, 0.2) is 17.4 Å². The van der Waals surface area contributed by atoms with Crippen LogP contribution < -0.4 is 4.74 Å². The molecule has 1 heterocycles. The first-order valence-electron chi connectivity index (χ1n) is 6.29. The van der Waals surface area contributed by atoms with Gasteiger partial charge in [-0.15, -0.1) is 0 Å². The summed E-state index contributed by atoms with van der Waals surface area (Å²) in [5, 5.41) is 9.58. The quantitative estimate of drug-likeness (QED) is 0.796. The molecule has 0 bridgehead atoms. The minimum absolute atomic E-state index is 0.150. The van der Waals surface area contributed by atoms with E-state index in [1.165, 1.54) is 0 Å². The molecule has 0 atom stereocenters. The number of hydrogen-bond donors (Lipinski definition) is 1. The standard InChI is InChI=1S/C16H11F2NO2/c17-12-7-10(9-20)8-13(18)16(12)21-15-5-1-4-14-11(15)3-2-6-19-14/h1-8,20H,9H2. The smallest absolute Gasteiger partial charge is 0.198 e. The Morgan fingerprint density at radius 2 is 1.81 bits per heavy atom. The number of halogens is 2. The van der Waals surface area contributed by atoms with Crippen LogP contribution in [0.25, 0.3) is 10.9 Å². The summed E-state index contributed by atoms with van der Waals surface area (Å²) in [6.07, 6.45) is 1.63. The number of rotatable bonds is 3. The van der Waals surface area contributed by atoms with Gasteiger partial charge in [0.25, 0.3) is 0 Å². The van der Waals surface area contributed by atoms with Crippen molar-refractivity contribution in [3.8, 4) is 11.5 Å². The molecular weight excluding hydrogens is 276 g/mol. The fourth-order valence-corrected chi connectivity index (χ4v) is 2.08. The zero-order valence-corrected chi connectivity index (χ0v) is 10.9. The summed E-state index contributed by atoms with van der Waals surface area (Å²) in [6.45, 7) is -0.438. The predicted octanol–water partition coefficient (Wildman–Crippen LogP) is 3.80. The van der Waals surface area contributed by atoms with Gasteiger partial charge in [-0.2, -0.15) is 0 Å². The van der Waals surface area contributed by atoms with Gasteiger partial charge >= 0.3 is 0 Å². The maximum absolute atomic E-state index is 13.9. The highest BCUT2D eigenvalue weighted by Gasteiger charge is 2.14. The highest BCUT2D eigenvalue weighted by molar-refractivity contribution is 5.85. The van der Waals surface area contributed by atoms with E-state index in [0.29, 0.717) is 16.7 Å². The lowest BCUT2D eigenvalue weighted by atomic mass is 10.2. The molecule has 0 aliphatic rings. The third-order valence-corrected chi connectivity index (χ3v) is 3.06. The number of aliphatic hydroxyl groups is 1. The summed E-state index contributed by atoms with van der Waals surface area (Å²) in [4.78, 5) is 4.16. The van der Waals surface area contributed by atoms with Gasteiger partial charge in [-0.1, -0.05) is 6.07 Å². The first kappa shape index (κ1) is 13.5. The minimum Gasteiger partial charge on any atom is -0.450 e. The van der Waals surface area contributed by atoms with Crippen molar-refractivity contribution in [2.24, 2.45) is 0 Å². The lowest BCUT2D eigenvalue weighted by Crippen LogP contribution is -1.96. The zero-order chi connectivity index (χ0) is 14.8. The number of aliphatic hydroxyl groups excluding tert-OH is 1. The Morgan fingerprint density at radius 3 is 2.52 bits per heavy atom. The molecule has 106 valence electrons. The number of benzene rings is 2. The third-order valence-electron chi connectivity index (χ3n) is 3.06. The van der Waals surface area contributed by atoms with Crippen LogP contribution in [0.2, 0.25) is 0 Å². The van der Waals surface area contributed by atoms with Gasteiger partial charge in [0, 0.05) is 11.6 Å². The molecular formula is C16H11F2NO2. The number of pyridine rings is 1. The SMILES string of the molecule is OCc1cc(F)c(Oc2cccc3ncccc23)c(F)c1. The molecule has 0 aliphatic heterocycles. The predicted molar refractivity (Wildman–Crippen MR) is 74.1 cm³/mol. The van der Waals surface area contributed by atoms with E-state index in [0.717, 1.165) is 12.1 Å². The van der Waals surface area contributed by atoms with E-state index in [2.05, 4.69) is 4.98 Å². The molecule has 21 heavy (non-hydrogen) atoms. The van der Waals surface area contributed by atoms with Crippen LogP contribution in [-0.4, -0.2) is 10.1 Å². The highest BCUT2D eigenvalue weighted by Crippen LogP contribution is 2.32. The van der Waals surface area contributed by atoms with Gasteiger partial charge < -0.3 is 9.84 Å². The van der Waals surface area contributed by atoms with Crippen molar-refractivity contribution in [3.63, 3.8) is 0 Å². The molecule has 0 saturated heterocycles. The number of ether oxygens (including phenoxy) is 1. The maximum atomic E-state index is 13.9. The van der Waals surface area contributed by atoms with E-state index < -0.39 is 24.0 Å². The molecule has 3 nitrogen and oxygen atoms in total. The maximum Gasteiger partial charge on any atom is 0.198 e. The Balaban J connectivity index is 2.07. The minimum atomic E-state index is -0.861. The Hall–Kier alpha value is -2.53. The summed E-state index contributed by atoms with van der Waals surface area (Å²) < 4.78 is 33.2. The van der Waals surface area contributed by atoms with Crippen LogP contribution in [0.4, 0.5) is 8.78 Å². The van der Waals surface area contributed by atoms with Crippen molar-refractivity contribution < 1.29 is 18.6 Å². The van der Waals surface area contributed by atoms with Crippen LogP contribution in [0.3, 0.4) is 0 Å². The van der Waals surface area contributed by atoms with Crippen LogP contribution >= 0.6 is 0 Å². The van der Waals surface area contributed by atoms with E-state index in [-0.39, 0.29) is 5.56 Å². The second kappa shape index (κ2) is 5.46. The zero-order valence-electron chi connectivity index (χ0n) is 10.9. The van der Waals surface area contributed by atoms with Crippen molar-refractivity contribution in [3.05, 3.63) is 65.9 Å². The van der Waals surface area contributed by atoms with Gasteiger partial charge in [0.05, 0.1) is 12.1 Å². The van der Waals surface area contributed by atoms with E-state index in [4.69, 9.17) is 9.84 Å². The molecule has 5 heteroatoms. The molecule has 3 rings (SSSR count). The Kier molecular flexibility index (Phi) is 3.50. The van der Waals surface area contributed by atoms with Crippen molar-refractivity contribution in [2.45, 2.75) is 6.61 Å². The van der Waals surface area contributed by atoms with Crippen LogP contribution in [0.5, 0.6) is 11.5 Å². The molecule has 0 fully saturated rings. The normalized spacial score (nSPS) is 10.8. The number of hydrogen-bond acceptors (Lipinski definition) is 3. The number of nitrogens with zero attached hydrogens (tertiary/aromatic N) is 1. The molecule has 0 unspecified atom stereocenters. The lowest BCUT2D eigenvalue weighted by molar-refractivity contribution is 0.279. The summed E-state index contributed by atoms with van der Waals surface area (Å²) in [6, 6.07) is 10.7. The van der Waals surface area contributed by atoms with E-state index in [1.54, 1.807) is 36.5 Å². The van der Waals surface area contributed by atoms with Gasteiger partial charge in [0.2, 0.25) is 0 Å². The summed E-state index contributed by atoms with van der Waals surface area (Å²) >= 11 is 0. The van der Waals surface area contributed by atoms with Crippen LogP contribution in [-0.2, 0) is 6.61 Å². The molecule has 0 aliphatic carbocycles. The highest BCUT2D eigenvalue weighted by atomic mass is 19.1. The topological polar surface area (TPSA) is 42.4 Å². The number of aromatic nitrogens is 1. The largest absolute Gasteiger partial charge is 0.450 e. The fourth-order valence-electron chi connectivity index (χ4n) is 2.08. The monoisotopic (exact) mass is 287 g/mol. The summed E-state index contributed by atoms with van der Waals surface area (Å²) in [5.41, 5.74) is 0.819. The van der Waals surface area contributed by atoms with Crippen molar-refractivity contribution >= 4 is 10.9 Å². The van der Waals surface area contributed by atoms with Crippen LogP contribution in [0.15, 0.2) is 48.7 Å². The first-order valence-corrected chi connectivity index (χ1v) is 6.29. The van der Waals surface area contributed by atoms with Crippen molar-refractivity contribution in [2.75, 3.05) is 0 Å². The first-order chi connectivity index (χ1) is 10.2. The molecule has 1 N–H and O–H groups in total. The van der Waals surface area contributed by atoms with Gasteiger partial charge in [-0.3, -0.25) is 4.98 Å². The third kappa shape index (κ3) is 2.55. The van der Waals surface area contributed by atoms with E-state index in [1.807, 2.05) is 0 Å². The number of fused-ring (bicyclic) bond motifs is 1. The Morgan fingerprint density at radius 1 is 1.05 bits per heavy atom. The average Bonchev–Trinajstić information content (AvgIpc) is 2.50. The molecule has 3 aromatic rings. The second-order valence-electron chi connectivity index (χ2n) is 4.48. The summed E-state index contributed by atoms with van der Waals surface area (Å²) in [5.74, 6) is -1.90. The van der Waals surface area contributed by atoms with Crippen LogP contribution in [0.1, 0.15) is 5.56 Å². The molecule has 0 saturated carbocycles. The van der Waals surface area contributed by atoms with Gasteiger partial charge in [-0.25, -0.2) is 8.78 Å². The van der Waals surface area contributed by atoms with Gasteiger partial charge in [-0.05, 0) is 42.0 Å². The Bertz CT molecular complexity index is 777. The van der Waals surface area contributed by atoms with Crippen LogP contribution in [0, 0.1) is 11.6 Å². The average molecular weight is 287 g/mol. The van der Waals surface area contributed by atoms with Crippen molar-refractivity contribution in [1.82, 2.24) is 4.98 Å². The molecule has 0 spiro atoms. The molecule has 1 aromatic heterocycles. The fraction of sp³-hybridized carbons (Fsp3) is 0.0625. The molecule has 0 amide bonds. The van der Waals surface area contributed by atoms with E-state index in [9.17, 15) is 8.78 Å². The Labute approximate surface area is 119 Å². The van der Waals surface area contributed by atoms with Crippen molar-refractivity contribution in [1.29, 1.82) is 0 Å². The van der Waals surface area contributed by atoms with E-state index >= 15 is 0 Å². The second-order valence-corrected chi connectivity index (χ2v) is 4.48. The molecule has 2 aromatic carbocycles. The molecule has 0 radical (unpaired) electrons. The summed E-state index contributed by atoms with van der Waals surface area (Å²) in [7, 11) is 0. The lowest BCUT2D eigenvalue weighted by Gasteiger charge is -2.11. The van der Waals surface area contributed by atoms with Gasteiger partial charge in [0.1, 0.15) is 5.75 Å².